The highest BCUT2D eigenvalue weighted by atomic mass is 32.1. The van der Waals surface area contributed by atoms with Crippen molar-refractivity contribution in [1.82, 2.24) is 4.98 Å². The number of aromatic nitrogens is 1. The van der Waals surface area contributed by atoms with Crippen molar-refractivity contribution in [3.05, 3.63) is 39.8 Å². The topological polar surface area (TPSA) is 77.2 Å². The largest absolute Gasteiger partial charge is 0.462 e. The summed E-state index contributed by atoms with van der Waals surface area (Å²) in [6.45, 7) is 6.07. The molecule has 0 saturated heterocycles. The van der Waals surface area contributed by atoms with Crippen LogP contribution in [0.1, 0.15) is 40.9 Å². The highest BCUT2D eigenvalue weighted by Crippen LogP contribution is 2.26. The molecule has 0 fully saturated rings. The predicted molar refractivity (Wildman–Crippen MR) is 85.7 cm³/mol. The molecular weight excluding hydrogens is 286 g/mol. The number of thiazole rings is 1. The molecule has 0 aliphatic carbocycles. The molecule has 21 heavy (non-hydrogen) atoms. The summed E-state index contributed by atoms with van der Waals surface area (Å²) in [5, 5.41) is 6.27. The van der Waals surface area contributed by atoms with Gasteiger partial charge in [-0.05, 0) is 39.0 Å². The molecule has 2 aromatic rings. The van der Waals surface area contributed by atoms with Crippen LogP contribution in [0.2, 0.25) is 0 Å². The number of hydrogen-bond acceptors (Lipinski definition) is 6. The Morgan fingerprint density at radius 3 is 2.90 bits per heavy atom. The lowest BCUT2D eigenvalue weighted by atomic mass is 10.1. The third-order valence-electron chi connectivity index (χ3n) is 2.92. The number of nitrogens with zero attached hydrogens (tertiary/aromatic N) is 1. The maximum absolute atomic E-state index is 12.0. The molecule has 1 atom stereocenters. The number of hydrogen-bond donors (Lipinski definition) is 2. The van der Waals surface area contributed by atoms with Gasteiger partial charge < -0.3 is 15.8 Å². The Morgan fingerprint density at radius 1 is 1.52 bits per heavy atom. The summed E-state index contributed by atoms with van der Waals surface area (Å²) in [6.07, 6.45) is 0. The van der Waals surface area contributed by atoms with E-state index in [1.807, 2.05) is 19.2 Å². The number of rotatable bonds is 5. The van der Waals surface area contributed by atoms with E-state index in [1.165, 1.54) is 0 Å². The van der Waals surface area contributed by atoms with Crippen LogP contribution in [-0.4, -0.2) is 17.6 Å². The molecule has 0 aliphatic rings. The van der Waals surface area contributed by atoms with Crippen LogP contribution in [0.25, 0.3) is 0 Å². The van der Waals surface area contributed by atoms with E-state index < -0.39 is 0 Å². The summed E-state index contributed by atoms with van der Waals surface area (Å²) in [7, 11) is 0. The van der Waals surface area contributed by atoms with Gasteiger partial charge in [0.1, 0.15) is 5.01 Å². The lowest BCUT2D eigenvalue weighted by Crippen LogP contribution is -2.13. The van der Waals surface area contributed by atoms with E-state index in [1.54, 1.807) is 36.5 Å². The third-order valence-corrected chi connectivity index (χ3v) is 4.06. The quantitative estimate of drug-likeness (QED) is 0.654. The van der Waals surface area contributed by atoms with Gasteiger partial charge in [0, 0.05) is 22.4 Å². The Labute approximate surface area is 128 Å². The highest BCUT2D eigenvalue weighted by molar-refractivity contribution is 7.09. The van der Waals surface area contributed by atoms with Crippen molar-refractivity contribution >= 4 is 28.7 Å². The molecule has 112 valence electrons. The van der Waals surface area contributed by atoms with E-state index in [-0.39, 0.29) is 12.0 Å². The van der Waals surface area contributed by atoms with E-state index in [4.69, 9.17) is 10.5 Å². The second-order valence-electron chi connectivity index (χ2n) is 4.72. The molecular formula is C15H19N3O2S. The van der Waals surface area contributed by atoms with Gasteiger partial charge in [-0.1, -0.05) is 0 Å². The van der Waals surface area contributed by atoms with Gasteiger partial charge in [-0.25, -0.2) is 9.78 Å². The standard InChI is InChI=1S/C15H19N3O2S/c1-4-20-15(19)12-7-11(16)5-6-13(12)18-10(3)14-17-9(2)8-21-14/h5-8,10,18H,4,16H2,1-3H3. The zero-order valence-corrected chi connectivity index (χ0v) is 13.2. The van der Waals surface area contributed by atoms with Gasteiger partial charge in [0.2, 0.25) is 0 Å². The molecule has 1 unspecified atom stereocenters. The van der Waals surface area contributed by atoms with Gasteiger partial charge in [0.05, 0.1) is 18.2 Å². The van der Waals surface area contributed by atoms with Crippen LogP contribution in [-0.2, 0) is 4.74 Å². The number of carbonyl (C=O) groups is 1. The maximum Gasteiger partial charge on any atom is 0.340 e. The molecule has 1 aromatic heterocycles. The van der Waals surface area contributed by atoms with Crippen LogP contribution in [0.15, 0.2) is 23.6 Å². The van der Waals surface area contributed by atoms with Crippen molar-refractivity contribution in [1.29, 1.82) is 0 Å². The minimum atomic E-state index is -0.380. The first-order valence-corrected chi connectivity index (χ1v) is 7.64. The number of nitrogens with two attached hydrogens (primary N) is 1. The number of nitrogen functional groups attached to an aromatic ring is 1. The molecule has 3 N–H and O–H groups in total. The maximum atomic E-state index is 12.0. The van der Waals surface area contributed by atoms with Crippen molar-refractivity contribution < 1.29 is 9.53 Å². The highest BCUT2D eigenvalue weighted by Gasteiger charge is 2.16. The van der Waals surface area contributed by atoms with E-state index in [0.717, 1.165) is 10.7 Å². The van der Waals surface area contributed by atoms with Crippen molar-refractivity contribution in [2.45, 2.75) is 26.8 Å². The number of benzene rings is 1. The van der Waals surface area contributed by atoms with Crippen LogP contribution in [0.5, 0.6) is 0 Å². The minimum Gasteiger partial charge on any atom is -0.462 e. The second-order valence-corrected chi connectivity index (χ2v) is 5.61. The smallest absolute Gasteiger partial charge is 0.340 e. The SMILES string of the molecule is CCOC(=O)c1cc(N)ccc1NC(C)c1nc(C)cs1. The molecule has 5 nitrogen and oxygen atoms in total. The molecule has 0 amide bonds. The Bertz CT molecular complexity index is 640. The summed E-state index contributed by atoms with van der Waals surface area (Å²) in [4.78, 5) is 16.5. The first-order valence-electron chi connectivity index (χ1n) is 6.76. The Hall–Kier alpha value is -2.08. The Morgan fingerprint density at radius 2 is 2.29 bits per heavy atom. The van der Waals surface area contributed by atoms with E-state index in [0.29, 0.717) is 23.5 Å². The van der Waals surface area contributed by atoms with E-state index >= 15 is 0 Å². The van der Waals surface area contributed by atoms with Crippen molar-refractivity contribution in [3.63, 3.8) is 0 Å². The second kappa shape index (κ2) is 6.58. The number of carbonyl (C=O) groups excluding carboxylic acids is 1. The predicted octanol–water partition coefficient (Wildman–Crippen LogP) is 3.38. The fourth-order valence-electron chi connectivity index (χ4n) is 1.93. The van der Waals surface area contributed by atoms with Gasteiger partial charge >= 0.3 is 5.97 Å². The summed E-state index contributed by atoms with van der Waals surface area (Å²) >= 11 is 1.59. The van der Waals surface area contributed by atoms with Gasteiger partial charge in [-0.3, -0.25) is 0 Å². The number of anilines is 2. The fraction of sp³-hybridized carbons (Fsp3) is 0.333. The monoisotopic (exact) mass is 305 g/mol. The number of ether oxygens (including phenoxy) is 1. The minimum absolute atomic E-state index is 0.000464. The van der Waals surface area contributed by atoms with Crippen LogP contribution in [0.3, 0.4) is 0 Å². The van der Waals surface area contributed by atoms with Gasteiger partial charge in [0.25, 0.3) is 0 Å². The zero-order valence-electron chi connectivity index (χ0n) is 12.3. The van der Waals surface area contributed by atoms with E-state index in [2.05, 4.69) is 10.3 Å². The van der Waals surface area contributed by atoms with Crippen LogP contribution < -0.4 is 11.1 Å². The normalized spacial score (nSPS) is 12.0. The fourth-order valence-corrected chi connectivity index (χ4v) is 2.74. The molecule has 0 spiro atoms. The van der Waals surface area contributed by atoms with Crippen molar-refractivity contribution in [3.8, 4) is 0 Å². The number of esters is 1. The first kappa shape index (κ1) is 15.3. The lowest BCUT2D eigenvalue weighted by Gasteiger charge is -2.16. The molecule has 1 aromatic carbocycles. The zero-order chi connectivity index (χ0) is 15.4. The van der Waals surface area contributed by atoms with Crippen LogP contribution in [0, 0.1) is 6.92 Å². The molecule has 6 heteroatoms. The van der Waals surface area contributed by atoms with Crippen LogP contribution in [0.4, 0.5) is 11.4 Å². The lowest BCUT2D eigenvalue weighted by molar-refractivity contribution is 0.0527. The summed E-state index contributed by atoms with van der Waals surface area (Å²) in [5.74, 6) is -0.380. The van der Waals surface area contributed by atoms with Crippen molar-refractivity contribution in [2.75, 3.05) is 17.7 Å². The van der Waals surface area contributed by atoms with Crippen molar-refractivity contribution in [2.24, 2.45) is 0 Å². The average Bonchev–Trinajstić information content (AvgIpc) is 2.87. The summed E-state index contributed by atoms with van der Waals surface area (Å²) < 4.78 is 5.07. The molecule has 0 radical (unpaired) electrons. The number of nitrogens with one attached hydrogen (secondary N) is 1. The van der Waals surface area contributed by atoms with E-state index in [9.17, 15) is 4.79 Å². The molecule has 2 rings (SSSR count). The Kier molecular flexibility index (Phi) is 4.80. The first-order chi connectivity index (χ1) is 10.0. The number of aryl methyl sites for hydroxylation is 1. The molecule has 0 aliphatic heterocycles. The summed E-state index contributed by atoms with van der Waals surface area (Å²) in [6, 6.07) is 5.17. The van der Waals surface area contributed by atoms with Gasteiger partial charge in [-0.2, -0.15) is 0 Å². The average molecular weight is 305 g/mol. The summed E-state index contributed by atoms with van der Waals surface area (Å²) in [5.41, 5.74) is 8.42. The van der Waals surface area contributed by atoms with Gasteiger partial charge in [0.15, 0.2) is 0 Å². The van der Waals surface area contributed by atoms with Crippen LogP contribution >= 0.6 is 11.3 Å². The third kappa shape index (κ3) is 3.72. The molecule has 0 bridgehead atoms. The Balaban J connectivity index is 2.24. The molecule has 1 heterocycles. The van der Waals surface area contributed by atoms with Gasteiger partial charge in [-0.15, -0.1) is 11.3 Å². The molecule has 0 saturated carbocycles.